The fourth-order valence-corrected chi connectivity index (χ4v) is 1.87. The van der Waals surface area contributed by atoms with Gasteiger partial charge in [-0.3, -0.25) is 9.59 Å². The zero-order chi connectivity index (χ0) is 15.2. The van der Waals surface area contributed by atoms with Crippen molar-refractivity contribution >= 4 is 17.5 Å². The van der Waals surface area contributed by atoms with Gasteiger partial charge in [-0.25, -0.2) is 0 Å². The van der Waals surface area contributed by atoms with E-state index in [1.807, 2.05) is 12.1 Å². The molecule has 5 nitrogen and oxygen atoms in total. The fraction of sp³-hybridized carbons (Fsp3) is 0.200. The van der Waals surface area contributed by atoms with Crippen LogP contribution in [0.25, 0.3) is 0 Å². The molecular weight excluding hydrogens is 292 g/mol. The number of aromatic amines is 1. The molecule has 1 amide bonds. The molecule has 0 bridgehead atoms. The van der Waals surface area contributed by atoms with Gasteiger partial charge < -0.3 is 15.0 Å². The zero-order valence-corrected chi connectivity index (χ0v) is 12.2. The Kier molecular flexibility index (Phi) is 5.00. The molecule has 6 heteroatoms. The number of benzene rings is 1. The summed E-state index contributed by atoms with van der Waals surface area (Å²) in [5, 5.41) is 3.35. The maximum Gasteiger partial charge on any atom is 0.258 e. The monoisotopic (exact) mass is 306 g/mol. The number of carbonyl (C=O) groups is 1. The molecule has 0 saturated carbocycles. The summed E-state index contributed by atoms with van der Waals surface area (Å²) in [7, 11) is 0. The molecule has 0 unspecified atom stereocenters. The number of ether oxygens (including phenoxy) is 1. The highest BCUT2D eigenvalue weighted by atomic mass is 35.5. The first kappa shape index (κ1) is 15.1. The average molecular weight is 307 g/mol. The van der Waals surface area contributed by atoms with Gasteiger partial charge >= 0.3 is 0 Å². The summed E-state index contributed by atoms with van der Waals surface area (Å²) in [5.74, 6) is -0.133. The van der Waals surface area contributed by atoms with Crippen LogP contribution in [0.15, 0.2) is 41.3 Å². The quantitative estimate of drug-likeness (QED) is 0.888. The first-order valence-electron chi connectivity index (χ1n) is 6.38. The molecule has 1 heterocycles. The molecule has 2 aromatic rings. The van der Waals surface area contributed by atoms with Gasteiger partial charge in [0.05, 0.1) is 5.69 Å². The predicted molar refractivity (Wildman–Crippen MR) is 80.6 cm³/mol. The van der Waals surface area contributed by atoms with Crippen molar-refractivity contribution in [2.45, 2.75) is 13.5 Å². The molecule has 110 valence electrons. The molecule has 0 spiro atoms. The number of hydrogen-bond acceptors (Lipinski definition) is 3. The molecule has 0 aliphatic carbocycles. The van der Waals surface area contributed by atoms with Gasteiger partial charge in [0.1, 0.15) is 0 Å². The number of nitrogens with one attached hydrogen (secondary N) is 2. The van der Waals surface area contributed by atoms with Gasteiger partial charge in [0, 0.05) is 23.8 Å². The van der Waals surface area contributed by atoms with E-state index >= 15 is 0 Å². The van der Waals surface area contributed by atoms with Crippen molar-refractivity contribution in [2.75, 3.05) is 6.61 Å². The predicted octanol–water partition coefficient (Wildman–Crippen LogP) is 2.03. The first-order valence-corrected chi connectivity index (χ1v) is 6.76. The minimum Gasteiger partial charge on any atom is -0.478 e. The maximum absolute atomic E-state index is 11.7. The summed E-state index contributed by atoms with van der Waals surface area (Å²) in [5.41, 5.74) is 1.27. The standard InChI is InChI=1S/C15H15ClN2O3/c1-10-15(13(19)6-7-17-10)21-9-14(20)18-8-11-2-4-12(16)5-3-11/h2-7H,8-9H2,1H3,(H,17,19)(H,18,20). The molecule has 21 heavy (non-hydrogen) atoms. The molecule has 0 radical (unpaired) electrons. The highest BCUT2D eigenvalue weighted by Gasteiger charge is 2.08. The first-order chi connectivity index (χ1) is 10.1. The van der Waals surface area contributed by atoms with Crippen LogP contribution in [0.4, 0.5) is 0 Å². The highest BCUT2D eigenvalue weighted by Crippen LogP contribution is 2.09. The lowest BCUT2D eigenvalue weighted by Crippen LogP contribution is -2.29. The second-order valence-corrected chi connectivity index (χ2v) is 4.92. The molecule has 0 atom stereocenters. The SMILES string of the molecule is Cc1[nH]ccc(=O)c1OCC(=O)NCc1ccc(Cl)cc1. The number of halogens is 1. The summed E-state index contributed by atoms with van der Waals surface area (Å²) < 4.78 is 5.26. The number of aryl methyl sites for hydroxylation is 1. The maximum atomic E-state index is 11.7. The topological polar surface area (TPSA) is 71.2 Å². The summed E-state index contributed by atoms with van der Waals surface area (Å²) >= 11 is 5.78. The third-order valence-corrected chi connectivity index (χ3v) is 3.10. The number of aromatic nitrogens is 1. The summed E-state index contributed by atoms with van der Waals surface area (Å²) in [6.07, 6.45) is 1.53. The number of hydrogen-bond donors (Lipinski definition) is 2. The number of rotatable bonds is 5. The van der Waals surface area contributed by atoms with Crippen molar-refractivity contribution in [3.05, 3.63) is 63.0 Å². The number of H-pyrrole nitrogens is 1. The smallest absolute Gasteiger partial charge is 0.258 e. The van der Waals surface area contributed by atoms with Crippen LogP contribution >= 0.6 is 11.6 Å². The van der Waals surface area contributed by atoms with E-state index in [1.54, 1.807) is 19.1 Å². The summed E-state index contributed by atoms with van der Waals surface area (Å²) in [6.45, 7) is 1.88. The molecule has 2 N–H and O–H groups in total. The molecule has 0 aliphatic rings. The Morgan fingerprint density at radius 1 is 1.29 bits per heavy atom. The van der Waals surface area contributed by atoms with Crippen LogP contribution in [0.2, 0.25) is 5.02 Å². The number of amides is 1. The van der Waals surface area contributed by atoms with Crippen molar-refractivity contribution in [2.24, 2.45) is 0 Å². The van der Waals surface area contributed by atoms with E-state index < -0.39 is 0 Å². The van der Waals surface area contributed by atoms with Gasteiger partial charge in [-0.05, 0) is 24.6 Å². The largest absolute Gasteiger partial charge is 0.478 e. The van der Waals surface area contributed by atoms with Crippen LogP contribution < -0.4 is 15.5 Å². The van der Waals surface area contributed by atoms with Crippen molar-refractivity contribution in [3.8, 4) is 5.75 Å². The van der Waals surface area contributed by atoms with Gasteiger partial charge in [-0.1, -0.05) is 23.7 Å². The molecule has 1 aromatic carbocycles. The Morgan fingerprint density at radius 3 is 2.67 bits per heavy atom. The highest BCUT2D eigenvalue weighted by molar-refractivity contribution is 6.30. The lowest BCUT2D eigenvalue weighted by Gasteiger charge is -2.08. The molecule has 0 aliphatic heterocycles. The van der Waals surface area contributed by atoms with E-state index in [0.717, 1.165) is 5.56 Å². The van der Waals surface area contributed by atoms with Gasteiger partial charge in [-0.15, -0.1) is 0 Å². The molecule has 0 fully saturated rings. The fourth-order valence-electron chi connectivity index (χ4n) is 1.74. The molecule has 2 rings (SSSR count). The van der Waals surface area contributed by atoms with Gasteiger partial charge in [0.25, 0.3) is 5.91 Å². The second kappa shape index (κ2) is 6.95. The molecule has 0 saturated heterocycles. The van der Waals surface area contributed by atoms with Crippen molar-refractivity contribution in [1.82, 2.24) is 10.3 Å². The van der Waals surface area contributed by atoms with Crippen molar-refractivity contribution in [3.63, 3.8) is 0 Å². The average Bonchev–Trinajstić information content (AvgIpc) is 2.46. The van der Waals surface area contributed by atoms with Crippen LogP contribution in [0.3, 0.4) is 0 Å². The lowest BCUT2D eigenvalue weighted by molar-refractivity contribution is -0.123. The molecular formula is C15H15ClN2O3. The van der Waals surface area contributed by atoms with Crippen LogP contribution in [-0.4, -0.2) is 17.5 Å². The van der Waals surface area contributed by atoms with Gasteiger partial charge in [0.15, 0.2) is 12.4 Å². The van der Waals surface area contributed by atoms with E-state index in [0.29, 0.717) is 17.3 Å². The normalized spacial score (nSPS) is 10.2. The van der Waals surface area contributed by atoms with Crippen LogP contribution in [-0.2, 0) is 11.3 Å². The number of pyridine rings is 1. The Bertz CT molecular complexity index is 680. The van der Waals surface area contributed by atoms with E-state index in [4.69, 9.17) is 16.3 Å². The van der Waals surface area contributed by atoms with E-state index in [2.05, 4.69) is 10.3 Å². The Balaban J connectivity index is 1.85. The molecule has 1 aromatic heterocycles. The van der Waals surface area contributed by atoms with Crippen LogP contribution in [0.5, 0.6) is 5.75 Å². The third kappa shape index (κ3) is 4.36. The minimum atomic E-state index is -0.299. The zero-order valence-electron chi connectivity index (χ0n) is 11.5. The number of carbonyl (C=O) groups excluding carboxylic acids is 1. The Labute approximate surface area is 126 Å². The van der Waals surface area contributed by atoms with Gasteiger partial charge in [-0.2, -0.15) is 0 Å². The van der Waals surface area contributed by atoms with Gasteiger partial charge in [0.2, 0.25) is 5.43 Å². The van der Waals surface area contributed by atoms with Crippen molar-refractivity contribution in [1.29, 1.82) is 0 Å². The summed E-state index contributed by atoms with van der Waals surface area (Å²) in [6, 6.07) is 8.53. The van der Waals surface area contributed by atoms with Crippen molar-refractivity contribution < 1.29 is 9.53 Å². The van der Waals surface area contributed by atoms with E-state index in [1.165, 1.54) is 12.3 Å². The van der Waals surface area contributed by atoms with E-state index in [9.17, 15) is 9.59 Å². The second-order valence-electron chi connectivity index (χ2n) is 4.49. The van der Waals surface area contributed by atoms with Crippen LogP contribution in [0, 0.1) is 6.92 Å². The Morgan fingerprint density at radius 2 is 2.00 bits per heavy atom. The Hall–Kier alpha value is -2.27. The van der Waals surface area contributed by atoms with Crippen LogP contribution in [0.1, 0.15) is 11.3 Å². The summed E-state index contributed by atoms with van der Waals surface area (Å²) in [4.78, 5) is 26.1. The third-order valence-electron chi connectivity index (χ3n) is 2.85. The van der Waals surface area contributed by atoms with E-state index in [-0.39, 0.29) is 23.7 Å². The minimum absolute atomic E-state index is 0.166. The lowest BCUT2D eigenvalue weighted by atomic mass is 10.2.